The molecule has 0 radical (unpaired) electrons. The monoisotopic (exact) mass is 275 g/mol. The lowest BCUT2D eigenvalue weighted by Crippen LogP contribution is -2.25. The first-order chi connectivity index (χ1) is 9.50. The summed E-state index contributed by atoms with van der Waals surface area (Å²) in [5, 5.41) is 7.89. The molecule has 0 atom stereocenters. The van der Waals surface area contributed by atoms with Gasteiger partial charge in [-0.05, 0) is 44.5 Å². The van der Waals surface area contributed by atoms with E-state index >= 15 is 0 Å². The molecule has 0 amide bonds. The third kappa shape index (κ3) is 3.07. The van der Waals surface area contributed by atoms with E-state index in [1.165, 1.54) is 11.6 Å². The van der Waals surface area contributed by atoms with Crippen molar-refractivity contribution in [3.8, 4) is 5.69 Å². The Morgan fingerprint density at radius 2 is 1.95 bits per heavy atom. The summed E-state index contributed by atoms with van der Waals surface area (Å²) in [6.45, 7) is 9.14. The van der Waals surface area contributed by atoms with Gasteiger partial charge in [0.25, 0.3) is 0 Å². The maximum absolute atomic E-state index is 13.9. The Hall–Kier alpha value is -1.68. The number of halogens is 1. The summed E-state index contributed by atoms with van der Waals surface area (Å²) in [7, 11) is 0. The van der Waals surface area contributed by atoms with Crippen molar-refractivity contribution in [1.29, 1.82) is 0 Å². The lowest BCUT2D eigenvalue weighted by molar-refractivity contribution is 0.589. The van der Waals surface area contributed by atoms with Crippen molar-refractivity contribution in [2.75, 3.05) is 6.54 Å². The molecule has 0 unspecified atom stereocenters. The highest BCUT2D eigenvalue weighted by atomic mass is 19.1. The van der Waals surface area contributed by atoms with E-state index in [2.05, 4.69) is 24.3 Å². The number of nitrogens with one attached hydrogen (secondary N) is 1. The van der Waals surface area contributed by atoms with Gasteiger partial charge in [0, 0.05) is 11.7 Å². The molecule has 1 heterocycles. The van der Waals surface area contributed by atoms with Gasteiger partial charge in [-0.3, -0.25) is 0 Å². The van der Waals surface area contributed by atoms with Gasteiger partial charge in [-0.25, -0.2) is 9.07 Å². The van der Waals surface area contributed by atoms with Crippen LogP contribution in [-0.2, 0) is 6.42 Å². The van der Waals surface area contributed by atoms with Gasteiger partial charge in [0.2, 0.25) is 0 Å². The summed E-state index contributed by atoms with van der Waals surface area (Å²) in [4.78, 5) is 0. The van der Waals surface area contributed by atoms with Crippen molar-refractivity contribution in [1.82, 2.24) is 15.1 Å². The number of para-hydroxylation sites is 1. The molecule has 0 aliphatic rings. The van der Waals surface area contributed by atoms with Gasteiger partial charge in [-0.15, -0.1) is 0 Å². The van der Waals surface area contributed by atoms with Crippen LogP contribution in [0.15, 0.2) is 24.3 Å². The third-order valence-electron chi connectivity index (χ3n) is 3.45. The zero-order valence-electron chi connectivity index (χ0n) is 12.6. The van der Waals surface area contributed by atoms with Crippen LogP contribution in [0.5, 0.6) is 0 Å². The molecule has 0 saturated carbocycles. The van der Waals surface area contributed by atoms with Crippen molar-refractivity contribution < 1.29 is 4.39 Å². The molecule has 20 heavy (non-hydrogen) atoms. The minimum atomic E-state index is -0.245. The van der Waals surface area contributed by atoms with Crippen LogP contribution in [0.3, 0.4) is 0 Å². The second kappa shape index (κ2) is 6.18. The summed E-state index contributed by atoms with van der Waals surface area (Å²) in [6.07, 6.45) is 0.907. The van der Waals surface area contributed by atoms with E-state index in [4.69, 9.17) is 0 Å². The maximum atomic E-state index is 13.9. The van der Waals surface area contributed by atoms with Gasteiger partial charge in [-0.1, -0.05) is 26.0 Å². The molecule has 3 nitrogen and oxygen atoms in total. The normalized spacial score (nSPS) is 11.3. The van der Waals surface area contributed by atoms with Crippen molar-refractivity contribution >= 4 is 0 Å². The number of aromatic nitrogens is 2. The van der Waals surface area contributed by atoms with E-state index in [0.29, 0.717) is 11.7 Å². The van der Waals surface area contributed by atoms with E-state index in [9.17, 15) is 4.39 Å². The standard InChI is InChI=1S/C16H22FN3/c1-11(2)18-10-9-14-12(3)19-20(13(14)4)16-8-6-5-7-15(16)17/h5-8,11,18H,9-10H2,1-4H3. The van der Waals surface area contributed by atoms with Gasteiger partial charge in [-0.2, -0.15) is 5.10 Å². The third-order valence-corrected chi connectivity index (χ3v) is 3.45. The number of nitrogens with zero attached hydrogens (tertiary/aromatic N) is 2. The second-order valence-corrected chi connectivity index (χ2v) is 5.37. The number of benzene rings is 1. The Bertz CT molecular complexity index is 587. The average molecular weight is 275 g/mol. The summed E-state index contributed by atoms with van der Waals surface area (Å²) < 4.78 is 15.6. The molecule has 108 valence electrons. The molecule has 0 saturated heterocycles. The molecule has 4 heteroatoms. The molecular formula is C16H22FN3. The van der Waals surface area contributed by atoms with E-state index in [-0.39, 0.29) is 5.82 Å². The minimum Gasteiger partial charge on any atom is -0.314 e. The molecule has 0 aliphatic carbocycles. The van der Waals surface area contributed by atoms with Gasteiger partial charge in [0.15, 0.2) is 0 Å². The average Bonchev–Trinajstić information content (AvgIpc) is 2.67. The van der Waals surface area contributed by atoms with Crippen LogP contribution in [-0.4, -0.2) is 22.4 Å². The second-order valence-electron chi connectivity index (χ2n) is 5.37. The van der Waals surface area contributed by atoms with Crippen molar-refractivity contribution in [3.05, 3.63) is 47.0 Å². The Kier molecular flexibility index (Phi) is 4.55. The predicted octanol–water partition coefficient (Wildman–Crippen LogP) is 3.17. The molecular weight excluding hydrogens is 253 g/mol. The maximum Gasteiger partial charge on any atom is 0.148 e. The number of hydrogen-bond acceptors (Lipinski definition) is 2. The summed E-state index contributed by atoms with van der Waals surface area (Å²) in [5.74, 6) is -0.245. The fourth-order valence-corrected chi connectivity index (χ4v) is 2.38. The van der Waals surface area contributed by atoms with E-state index in [1.54, 1.807) is 16.8 Å². The first-order valence-electron chi connectivity index (χ1n) is 7.04. The van der Waals surface area contributed by atoms with Crippen LogP contribution in [0.4, 0.5) is 4.39 Å². The Labute approximate surface area is 119 Å². The molecule has 1 aromatic carbocycles. The highest BCUT2D eigenvalue weighted by Gasteiger charge is 2.14. The number of aryl methyl sites for hydroxylation is 1. The molecule has 0 aliphatic heterocycles. The first-order valence-corrected chi connectivity index (χ1v) is 7.04. The quantitative estimate of drug-likeness (QED) is 0.908. The van der Waals surface area contributed by atoms with Crippen LogP contribution in [0.2, 0.25) is 0 Å². The lowest BCUT2D eigenvalue weighted by Gasteiger charge is -2.09. The lowest BCUT2D eigenvalue weighted by atomic mass is 10.1. The summed E-state index contributed by atoms with van der Waals surface area (Å²) in [5.41, 5.74) is 3.69. The van der Waals surface area contributed by atoms with Crippen LogP contribution < -0.4 is 5.32 Å². The van der Waals surface area contributed by atoms with Crippen molar-refractivity contribution in [2.45, 2.75) is 40.2 Å². The van der Waals surface area contributed by atoms with Gasteiger partial charge in [0.1, 0.15) is 11.5 Å². The van der Waals surface area contributed by atoms with Gasteiger partial charge in [0.05, 0.1) is 5.69 Å². The highest BCUT2D eigenvalue weighted by molar-refractivity contribution is 5.38. The van der Waals surface area contributed by atoms with E-state index < -0.39 is 0 Å². The Balaban J connectivity index is 2.27. The molecule has 2 rings (SSSR count). The van der Waals surface area contributed by atoms with Crippen LogP contribution >= 0.6 is 0 Å². The molecule has 1 aromatic heterocycles. The van der Waals surface area contributed by atoms with Crippen LogP contribution in [0, 0.1) is 19.7 Å². The fraction of sp³-hybridized carbons (Fsp3) is 0.438. The topological polar surface area (TPSA) is 29.9 Å². The zero-order valence-corrected chi connectivity index (χ0v) is 12.6. The van der Waals surface area contributed by atoms with Crippen molar-refractivity contribution in [2.24, 2.45) is 0 Å². The summed E-state index contributed by atoms with van der Waals surface area (Å²) in [6, 6.07) is 7.21. The highest BCUT2D eigenvalue weighted by Crippen LogP contribution is 2.20. The minimum absolute atomic E-state index is 0.245. The molecule has 0 fully saturated rings. The van der Waals surface area contributed by atoms with Gasteiger partial charge < -0.3 is 5.32 Å². The van der Waals surface area contributed by atoms with E-state index in [1.807, 2.05) is 19.9 Å². The van der Waals surface area contributed by atoms with Gasteiger partial charge >= 0.3 is 0 Å². The zero-order chi connectivity index (χ0) is 14.7. The molecule has 0 bridgehead atoms. The van der Waals surface area contributed by atoms with E-state index in [0.717, 1.165) is 24.4 Å². The smallest absolute Gasteiger partial charge is 0.148 e. The van der Waals surface area contributed by atoms with Crippen molar-refractivity contribution in [3.63, 3.8) is 0 Å². The van der Waals surface area contributed by atoms with Crippen LogP contribution in [0.25, 0.3) is 5.69 Å². The molecule has 1 N–H and O–H groups in total. The van der Waals surface area contributed by atoms with Crippen LogP contribution in [0.1, 0.15) is 30.8 Å². The Morgan fingerprint density at radius 3 is 2.60 bits per heavy atom. The number of hydrogen-bond donors (Lipinski definition) is 1. The number of rotatable bonds is 5. The fourth-order valence-electron chi connectivity index (χ4n) is 2.38. The predicted molar refractivity (Wildman–Crippen MR) is 79.8 cm³/mol. The largest absolute Gasteiger partial charge is 0.314 e. The SMILES string of the molecule is Cc1nn(-c2ccccc2F)c(C)c1CCNC(C)C. The molecule has 2 aromatic rings. The summed E-state index contributed by atoms with van der Waals surface area (Å²) >= 11 is 0. The molecule has 0 spiro atoms. The first kappa shape index (κ1) is 14.7. The Morgan fingerprint density at radius 1 is 1.25 bits per heavy atom.